The van der Waals surface area contributed by atoms with E-state index in [4.69, 9.17) is 16.9 Å². The fraction of sp³-hybridized carbons (Fsp3) is 0.0476. The average Bonchev–Trinajstić information content (AvgIpc) is 2.67. The Balaban J connectivity index is 1.93. The first-order valence-electron chi connectivity index (χ1n) is 7.79. The molecule has 1 atom stereocenters. The van der Waals surface area contributed by atoms with E-state index in [1.54, 1.807) is 36.4 Å². The minimum atomic E-state index is -0.309. The predicted octanol–water partition coefficient (Wildman–Crippen LogP) is 4.73. The smallest absolute Gasteiger partial charge is 0.252 e. The molecule has 0 bridgehead atoms. The standard InChI is InChI=1S/C21H15ClN2O/c22-19-11-9-17(10-12-19)20(16-6-2-1-3-7-16)24-21(25)18-8-4-5-15(13-18)14-23/h1-13,20H,(H,24,25)/t20-/m1/s1. The second-order valence-electron chi connectivity index (χ2n) is 5.56. The molecular weight excluding hydrogens is 332 g/mol. The van der Waals surface area contributed by atoms with E-state index >= 15 is 0 Å². The van der Waals surface area contributed by atoms with Crippen LogP contribution in [0.3, 0.4) is 0 Å². The predicted molar refractivity (Wildman–Crippen MR) is 98.4 cm³/mol. The maximum Gasteiger partial charge on any atom is 0.252 e. The number of rotatable bonds is 4. The lowest BCUT2D eigenvalue weighted by atomic mass is 9.98. The highest BCUT2D eigenvalue weighted by Crippen LogP contribution is 2.24. The number of hydrogen-bond acceptors (Lipinski definition) is 2. The van der Waals surface area contributed by atoms with Gasteiger partial charge in [-0.1, -0.05) is 60.1 Å². The van der Waals surface area contributed by atoms with Crippen LogP contribution in [0.2, 0.25) is 5.02 Å². The maximum absolute atomic E-state index is 12.7. The molecule has 0 aliphatic carbocycles. The molecule has 0 unspecified atom stereocenters. The Morgan fingerprint density at radius 3 is 2.28 bits per heavy atom. The van der Waals surface area contributed by atoms with Crippen molar-refractivity contribution in [2.75, 3.05) is 0 Å². The van der Waals surface area contributed by atoms with Gasteiger partial charge in [-0.2, -0.15) is 5.26 Å². The summed E-state index contributed by atoms with van der Waals surface area (Å²) >= 11 is 5.98. The third-order valence-electron chi connectivity index (χ3n) is 3.87. The number of nitrogens with one attached hydrogen (secondary N) is 1. The van der Waals surface area contributed by atoms with E-state index in [0.717, 1.165) is 11.1 Å². The van der Waals surface area contributed by atoms with Crippen molar-refractivity contribution >= 4 is 17.5 Å². The van der Waals surface area contributed by atoms with Crippen molar-refractivity contribution < 1.29 is 4.79 Å². The van der Waals surface area contributed by atoms with E-state index in [9.17, 15) is 4.79 Å². The van der Waals surface area contributed by atoms with Gasteiger partial charge in [0.2, 0.25) is 0 Å². The Morgan fingerprint density at radius 1 is 0.920 bits per heavy atom. The van der Waals surface area contributed by atoms with Crippen LogP contribution in [0.15, 0.2) is 78.9 Å². The molecule has 3 nitrogen and oxygen atoms in total. The van der Waals surface area contributed by atoms with Crippen molar-refractivity contribution in [2.24, 2.45) is 0 Å². The first kappa shape index (κ1) is 16.8. The van der Waals surface area contributed by atoms with Crippen molar-refractivity contribution in [1.82, 2.24) is 5.32 Å². The summed E-state index contributed by atoms with van der Waals surface area (Å²) < 4.78 is 0. The van der Waals surface area contributed by atoms with E-state index in [-0.39, 0.29) is 11.9 Å². The Hall–Kier alpha value is -3.09. The van der Waals surface area contributed by atoms with Crippen LogP contribution in [0.1, 0.15) is 33.1 Å². The Labute approximate surface area is 151 Å². The minimum Gasteiger partial charge on any atom is -0.341 e. The second kappa shape index (κ2) is 7.65. The molecule has 0 radical (unpaired) electrons. The summed E-state index contributed by atoms with van der Waals surface area (Å²) in [4.78, 5) is 12.7. The van der Waals surface area contributed by atoms with Gasteiger partial charge in [-0.3, -0.25) is 4.79 Å². The topological polar surface area (TPSA) is 52.9 Å². The monoisotopic (exact) mass is 346 g/mol. The number of hydrogen-bond donors (Lipinski definition) is 1. The van der Waals surface area contributed by atoms with Gasteiger partial charge in [0.05, 0.1) is 17.7 Å². The number of carbonyl (C=O) groups is 1. The first-order valence-corrected chi connectivity index (χ1v) is 8.16. The zero-order chi connectivity index (χ0) is 17.6. The highest BCUT2D eigenvalue weighted by molar-refractivity contribution is 6.30. The van der Waals surface area contributed by atoms with Gasteiger partial charge in [0.15, 0.2) is 0 Å². The fourth-order valence-electron chi connectivity index (χ4n) is 2.60. The third-order valence-corrected chi connectivity index (χ3v) is 4.12. The number of nitriles is 1. The molecule has 0 aliphatic heterocycles. The summed E-state index contributed by atoms with van der Waals surface area (Å²) in [5.41, 5.74) is 2.80. The molecule has 0 fully saturated rings. The quantitative estimate of drug-likeness (QED) is 0.742. The molecule has 3 aromatic carbocycles. The van der Waals surface area contributed by atoms with E-state index in [1.807, 2.05) is 42.5 Å². The van der Waals surface area contributed by atoms with Crippen molar-refractivity contribution in [2.45, 2.75) is 6.04 Å². The summed E-state index contributed by atoms with van der Waals surface area (Å²) in [6.07, 6.45) is 0. The Kier molecular flexibility index (Phi) is 5.13. The number of nitrogens with zero attached hydrogens (tertiary/aromatic N) is 1. The fourth-order valence-corrected chi connectivity index (χ4v) is 2.73. The van der Waals surface area contributed by atoms with E-state index < -0.39 is 0 Å². The largest absolute Gasteiger partial charge is 0.341 e. The third kappa shape index (κ3) is 4.06. The van der Waals surface area contributed by atoms with Gasteiger partial charge < -0.3 is 5.32 Å². The van der Waals surface area contributed by atoms with Gasteiger partial charge in [-0.25, -0.2) is 0 Å². The number of carbonyl (C=O) groups excluding carboxylic acids is 1. The molecule has 0 heterocycles. The van der Waals surface area contributed by atoms with Crippen molar-refractivity contribution in [3.8, 4) is 6.07 Å². The Morgan fingerprint density at radius 2 is 1.60 bits per heavy atom. The molecule has 3 aromatic rings. The van der Waals surface area contributed by atoms with Crippen molar-refractivity contribution in [3.63, 3.8) is 0 Å². The lowest BCUT2D eigenvalue weighted by Crippen LogP contribution is -2.29. The number of halogens is 1. The van der Waals surface area contributed by atoms with E-state index in [0.29, 0.717) is 16.1 Å². The van der Waals surface area contributed by atoms with Gasteiger partial charge in [-0.05, 0) is 41.5 Å². The zero-order valence-electron chi connectivity index (χ0n) is 13.3. The van der Waals surface area contributed by atoms with Crippen LogP contribution in [0, 0.1) is 11.3 Å². The summed E-state index contributed by atoms with van der Waals surface area (Å²) in [6.45, 7) is 0. The highest BCUT2D eigenvalue weighted by atomic mass is 35.5. The molecule has 0 aliphatic rings. The molecule has 122 valence electrons. The Bertz CT molecular complexity index is 915. The molecule has 0 spiro atoms. The van der Waals surface area contributed by atoms with Crippen molar-refractivity contribution in [3.05, 3.63) is 106 Å². The summed E-state index contributed by atoms with van der Waals surface area (Å²) in [6, 6.07) is 25.5. The molecule has 1 amide bonds. The van der Waals surface area contributed by atoms with Crippen LogP contribution in [-0.4, -0.2) is 5.91 Å². The molecule has 0 aromatic heterocycles. The zero-order valence-corrected chi connectivity index (χ0v) is 14.1. The summed E-state index contributed by atoms with van der Waals surface area (Å²) in [5.74, 6) is -0.235. The molecule has 0 saturated carbocycles. The molecule has 0 saturated heterocycles. The molecular formula is C21H15ClN2O. The lowest BCUT2D eigenvalue weighted by Gasteiger charge is -2.20. The summed E-state index contributed by atoms with van der Waals surface area (Å²) in [5, 5.41) is 12.7. The molecule has 1 N–H and O–H groups in total. The van der Waals surface area contributed by atoms with Crippen LogP contribution in [0.5, 0.6) is 0 Å². The van der Waals surface area contributed by atoms with Gasteiger partial charge in [0.1, 0.15) is 0 Å². The van der Waals surface area contributed by atoms with Gasteiger partial charge in [-0.15, -0.1) is 0 Å². The second-order valence-corrected chi connectivity index (χ2v) is 6.00. The molecule has 4 heteroatoms. The average molecular weight is 347 g/mol. The van der Waals surface area contributed by atoms with Gasteiger partial charge >= 0.3 is 0 Å². The van der Waals surface area contributed by atoms with E-state index in [1.165, 1.54) is 0 Å². The van der Waals surface area contributed by atoms with Crippen molar-refractivity contribution in [1.29, 1.82) is 5.26 Å². The SMILES string of the molecule is N#Cc1cccc(C(=O)N[C@H](c2ccccc2)c2ccc(Cl)cc2)c1. The van der Waals surface area contributed by atoms with Crippen LogP contribution in [0.25, 0.3) is 0 Å². The van der Waals surface area contributed by atoms with Gasteiger partial charge in [0, 0.05) is 10.6 Å². The maximum atomic E-state index is 12.7. The van der Waals surface area contributed by atoms with E-state index in [2.05, 4.69) is 11.4 Å². The summed E-state index contributed by atoms with van der Waals surface area (Å²) in [7, 11) is 0. The minimum absolute atomic E-state index is 0.235. The first-order chi connectivity index (χ1) is 12.2. The highest BCUT2D eigenvalue weighted by Gasteiger charge is 2.18. The van der Waals surface area contributed by atoms with Crippen LogP contribution in [0.4, 0.5) is 0 Å². The number of amides is 1. The normalized spacial score (nSPS) is 11.4. The number of benzene rings is 3. The van der Waals surface area contributed by atoms with Crippen LogP contribution < -0.4 is 5.32 Å². The lowest BCUT2D eigenvalue weighted by molar-refractivity contribution is 0.0943. The van der Waals surface area contributed by atoms with Crippen LogP contribution >= 0.6 is 11.6 Å². The molecule has 3 rings (SSSR count). The molecule has 25 heavy (non-hydrogen) atoms. The van der Waals surface area contributed by atoms with Crippen LogP contribution in [-0.2, 0) is 0 Å². The van der Waals surface area contributed by atoms with Gasteiger partial charge in [0.25, 0.3) is 5.91 Å².